The van der Waals surface area contributed by atoms with E-state index < -0.39 is 15.6 Å². The van der Waals surface area contributed by atoms with Crippen molar-refractivity contribution in [2.24, 2.45) is 11.7 Å². The number of nitrogens with zero attached hydrogens (tertiary/aromatic N) is 1. The number of sulfonamides is 1. The Hall–Kier alpha value is -0.650. The molecular weight excluding hydrogens is 390 g/mol. The molecule has 0 aliphatic carbocycles. The van der Waals surface area contributed by atoms with Crippen molar-refractivity contribution in [3.05, 3.63) is 28.2 Å². The number of hydrogen-bond acceptors (Lipinski definition) is 4. The zero-order chi connectivity index (χ0) is 16.3. The van der Waals surface area contributed by atoms with Gasteiger partial charge in [0.2, 0.25) is 10.0 Å². The number of nitrogens with one attached hydrogen (secondary N) is 1. The third-order valence-corrected chi connectivity index (χ3v) is 5.08. The second kappa shape index (κ2) is 8.27. The van der Waals surface area contributed by atoms with Crippen molar-refractivity contribution in [2.45, 2.75) is 37.6 Å². The summed E-state index contributed by atoms with van der Waals surface area (Å²) in [5, 5.41) is 8.94. The van der Waals surface area contributed by atoms with Crippen LogP contribution >= 0.6 is 28.3 Å². The van der Waals surface area contributed by atoms with Gasteiger partial charge in [-0.05, 0) is 37.5 Å². The summed E-state index contributed by atoms with van der Waals surface area (Å²) in [6.45, 7) is 6.00. The molecule has 22 heavy (non-hydrogen) atoms. The fourth-order valence-electron chi connectivity index (χ4n) is 2.23. The minimum absolute atomic E-state index is 0. The largest absolute Gasteiger partial charge is 0.329 e. The highest BCUT2D eigenvalue weighted by atomic mass is 79.9. The van der Waals surface area contributed by atoms with Crippen molar-refractivity contribution in [1.29, 1.82) is 5.26 Å². The van der Waals surface area contributed by atoms with Crippen molar-refractivity contribution in [3.63, 3.8) is 0 Å². The topological polar surface area (TPSA) is 96.0 Å². The molecule has 8 heteroatoms. The Bertz CT molecular complexity index is 659. The van der Waals surface area contributed by atoms with E-state index in [1.165, 1.54) is 12.1 Å². The Kier molecular flexibility index (Phi) is 8.03. The zero-order valence-electron chi connectivity index (χ0n) is 12.8. The number of benzene rings is 1. The molecule has 0 aliphatic rings. The minimum atomic E-state index is -3.74. The fourth-order valence-corrected chi connectivity index (χ4v) is 4.38. The second-order valence-corrected chi connectivity index (χ2v) is 8.35. The van der Waals surface area contributed by atoms with E-state index in [1.807, 2.05) is 19.9 Å². The van der Waals surface area contributed by atoms with E-state index in [4.69, 9.17) is 11.0 Å². The molecule has 0 aliphatic heterocycles. The van der Waals surface area contributed by atoms with Crippen LogP contribution in [-0.2, 0) is 10.0 Å². The lowest BCUT2D eigenvalue weighted by Crippen LogP contribution is -2.52. The maximum Gasteiger partial charge on any atom is 0.241 e. The molecule has 124 valence electrons. The van der Waals surface area contributed by atoms with Crippen LogP contribution in [0.4, 0.5) is 0 Å². The van der Waals surface area contributed by atoms with Crippen molar-refractivity contribution < 1.29 is 8.42 Å². The van der Waals surface area contributed by atoms with Gasteiger partial charge in [0.05, 0.1) is 16.5 Å². The molecule has 1 aromatic carbocycles. The van der Waals surface area contributed by atoms with Crippen molar-refractivity contribution in [3.8, 4) is 6.07 Å². The molecular formula is C14H21BrClN3O2S. The molecule has 0 amide bonds. The Balaban J connectivity index is 0.00000441. The van der Waals surface area contributed by atoms with E-state index in [2.05, 4.69) is 20.7 Å². The highest BCUT2D eigenvalue weighted by Gasteiger charge is 2.30. The Morgan fingerprint density at radius 3 is 2.45 bits per heavy atom. The smallest absolute Gasteiger partial charge is 0.241 e. The lowest BCUT2D eigenvalue weighted by Gasteiger charge is -2.30. The fraction of sp³-hybridized carbons (Fsp3) is 0.500. The first-order valence-electron chi connectivity index (χ1n) is 6.56. The van der Waals surface area contributed by atoms with E-state index in [-0.39, 0.29) is 29.4 Å². The van der Waals surface area contributed by atoms with Crippen LogP contribution < -0.4 is 10.5 Å². The summed E-state index contributed by atoms with van der Waals surface area (Å²) in [5.41, 5.74) is 5.30. The maximum absolute atomic E-state index is 12.5. The minimum Gasteiger partial charge on any atom is -0.329 e. The van der Waals surface area contributed by atoms with Crippen LogP contribution in [0, 0.1) is 17.2 Å². The van der Waals surface area contributed by atoms with Gasteiger partial charge in [-0.2, -0.15) is 5.26 Å². The predicted molar refractivity (Wildman–Crippen MR) is 93.3 cm³/mol. The van der Waals surface area contributed by atoms with Gasteiger partial charge in [-0.3, -0.25) is 0 Å². The molecule has 0 aromatic heterocycles. The van der Waals surface area contributed by atoms with Gasteiger partial charge in [-0.1, -0.05) is 29.8 Å². The first-order chi connectivity index (χ1) is 9.62. The summed E-state index contributed by atoms with van der Waals surface area (Å²) in [6, 6.07) is 6.32. The van der Waals surface area contributed by atoms with Crippen LogP contribution in [-0.4, -0.2) is 20.5 Å². The standard InChI is InChI=1S/C14H20BrN3O2S.ClH/c1-10(2)7-14(3,9-17)18-21(19,20)13-5-11(8-16)4-12(15)6-13;/h4-6,10,18H,7,9,17H2,1-3H3;1H. The molecule has 0 bridgehead atoms. The highest BCUT2D eigenvalue weighted by Crippen LogP contribution is 2.23. The first-order valence-corrected chi connectivity index (χ1v) is 8.84. The van der Waals surface area contributed by atoms with Gasteiger partial charge >= 0.3 is 0 Å². The summed E-state index contributed by atoms with van der Waals surface area (Å²) >= 11 is 3.22. The Labute approximate surface area is 146 Å². The third kappa shape index (κ3) is 5.86. The van der Waals surface area contributed by atoms with Gasteiger partial charge in [-0.25, -0.2) is 13.1 Å². The van der Waals surface area contributed by atoms with Crippen LogP contribution in [0.5, 0.6) is 0 Å². The predicted octanol–water partition coefficient (Wildman–Crippen LogP) is 2.78. The Morgan fingerprint density at radius 1 is 1.41 bits per heavy atom. The number of rotatable bonds is 6. The van der Waals surface area contributed by atoms with Gasteiger partial charge in [0, 0.05) is 16.6 Å². The van der Waals surface area contributed by atoms with Crippen molar-refractivity contribution in [1.82, 2.24) is 4.72 Å². The molecule has 0 heterocycles. The summed E-state index contributed by atoms with van der Waals surface area (Å²) < 4.78 is 28.2. The lowest BCUT2D eigenvalue weighted by atomic mass is 9.92. The third-order valence-electron chi connectivity index (χ3n) is 3.00. The van der Waals surface area contributed by atoms with Gasteiger partial charge in [-0.15, -0.1) is 12.4 Å². The monoisotopic (exact) mass is 409 g/mol. The molecule has 1 unspecified atom stereocenters. The number of hydrogen-bond donors (Lipinski definition) is 2. The zero-order valence-corrected chi connectivity index (χ0v) is 16.0. The first kappa shape index (κ1) is 21.4. The van der Waals surface area contributed by atoms with Crippen LogP contribution in [0.15, 0.2) is 27.6 Å². The summed E-state index contributed by atoms with van der Waals surface area (Å²) in [7, 11) is -3.74. The molecule has 0 saturated carbocycles. The molecule has 0 spiro atoms. The molecule has 3 N–H and O–H groups in total. The van der Waals surface area contributed by atoms with Crippen LogP contribution in [0.1, 0.15) is 32.8 Å². The second-order valence-electron chi connectivity index (χ2n) is 5.76. The van der Waals surface area contributed by atoms with E-state index in [0.717, 1.165) is 0 Å². The molecule has 0 radical (unpaired) electrons. The summed E-state index contributed by atoms with van der Waals surface area (Å²) in [6.07, 6.45) is 0.627. The average Bonchev–Trinajstić information content (AvgIpc) is 2.36. The molecule has 1 rings (SSSR count). The Morgan fingerprint density at radius 2 is 2.00 bits per heavy atom. The van der Waals surface area contributed by atoms with Crippen LogP contribution in [0.25, 0.3) is 0 Å². The van der Waals surface area contributed by atoms with Crippen LogP contribution in [0.2, 0.25) is 0 Å². The van der Waals surface area contributed by atoms with Gasteiger partial charge in [0.15, 0.2) is 0 Å². The number of nitriles is 1. The summed E-state index contributed by atoms with van der Waals surface area (Å²) in [4.78, 5) is 0.0526. The number of nitrogens with two attached hydrogens (primary N) is 1. The SMILES string of the molecule is CC(C)CC(C)(CN)NS(=O)(=O)c1cc(Br)cc(C#N)c1.Cl. The highest BCUT2D eigenvalue weighted by molar-refractivity contribution is 9.10. The van der Waals surface area contributed by atoms with E-state index in [1.54, 1.807) is 13.0 Å². The molecule has 1 atom stereocenters. The van der Waals surface area contributed by atoms with Crippen molar-refractivity contribution in [2.75, 3.05) is 6.54 Å². The van der Waals surface area contributed by atoms with Gasteiger partial charge in [0.25, 0.3) is 0 Å². The lowest BCUT2D eigenvalue weighted by molar-refractivity contribution is 0.344. The van der Waals surface area contributed by atoms with E-state index >= 15 is 0 Å². The normalized spacial score (nSPS) is 14.0. The molecule has 0 saturated heterocycles. The maximum atomic E-state index is 12.5. The molecule has 0 fully saturated rings. The molecule has 5 nitrogen and oxygen atoms in total. The molecule has 1 aromatic rings. The average molecular weight is 411 g/mol. The van der Waals surface area contributed by atoms with Gasteiger partial charge in [0.1, 0.15) is 0 Å². The van der Waals surface area contributed by atoms with Crippen LogP contribution in [0.3, 0.4) is 0 Å². The van der Waals surface area contributed by atoms with Gasteiger partial charge < -0.3 is 5.73 Å². The van der Waals surface area contributed by atoms with Crippen molar-refractivity contribution >= 4 is 38.4 Å². The number of halogens is 2. The van der Waals surface area contributed by atoms with E-state index in [9.17, 15) is 8.42 Å². The van der Waals surface area contributed by atoms with E-state index in [0.29, 0.717) is 16.8 Å². The summed E-state index contributed by atoms with van der Waals surface area (Å²) in [5.74, 6) is 0.304. The quantitative estimate of drug-likeness (QED) is 0.753.